The van der Waals surface area contributed by atoms with Crippen LogP contribution in [-0.4, -0.2) is 16.1 Å². The Balaban J connectivity index is 2.50. The Hall–Kier alpha value is -2.02. The number of hydrogen-bond acceptors (Lipinski definition) is 3. The lowest BCUT2D eigenvalue weighted by atomic mass is 10.2. The number of rotatable bonds is 3. The first kappa shape index (κ1) is 14.4. The number of pyridine rings is 1. The van der Waals surface area contributed by atoms with E-state index in [1.165, 1.54) is 6.07 Å². The van der Waals surface area contributed by atoms with Crippen LogP contribution in [0.5, 0.6) is 0 Å². The first-order valence-electron chi connectivity index (χ1n) is 5.50. The van der Waals surface area contributed by atoms with Gasteiger partial charge in [-0.25, -0.2) is 13.6 Å². The number of nitrogens with one attached hydrogen (secondary N) is 1. The second-order valence-electron chi connectivity index (χ2n) is 4.05. The van der Waals surface area contributed by atoms with Crippen LogP contribution in [-0.2, 0) is 0 Å². The topological polar surface area (TPSA) is 62.2 Å². The molecule has 0 aliphatic heterocycles. The lowest BCUT2D eigenvalue weighted by Gasteiger charge is -2.12. The Morgan fingerprint density at radius 2 is 1.90 bits per heavy atom. The van der Waals surface area contributed by atoms with E-state index in [0.29, 0.717) is 5.69 Å². The first-order chi connectivity index (χ1) is 9.38. The van der Waals surface area contributed by atoms with Crippen LogP contribution < -0.4 is 5.32 Å². The molecule has 2 N–H and O–H groups in total. The third-order valence-electron chi connectivity index (χ3n) is 2.54. The second kappa shape index (κ2) is 5.54. The van der Waals surface area contributed by atoms with Gasteiger partial charge >= 0.3 is 5.97 Å². The van der Waals surface area contributed by atoms with E-state index in [1.54, 1.807) is 6.92 Å². The highest BCUT2D eigenvalue weighted by atomic mass is 79.9. The monoisotopic (exact) mass is 342 g/mol. The quantitative estimate of drug-likeness (QED) is 0.888. The van der Waals surface area contributed by atoms with E-state index in [4.69, 9.17) is 5.11 Å². The number of aromatic carboxylic acids is 1. The Morgan fingerprint density at radius 3 is 2.45 bits per heavy atom. The molecule has 0 unspecified atom stereocenters. The van der Waals surface area contributed by atoms with Crippen molar-refractivity contribution in [3.05, 3.63) is 51.8 Å². The molecule has 20 heavy (non-hydrogen) atoms. The highest BCUT2D eigenvalue weighted by molar-refractivity contribution is 9.10. The Morgan fingerprint density at radius 1 is 1.30 bits per heavy atom. The molecular weight excluding hydrogens is 334 g/mol. The highest BCUT2D eigenvalue weighted by Gasteiger charge is 2.16. The summed E-state index contributed by atoms with van der Waals surface area (Å²) in [4.78, 5) is 14.9. The summed E-state index contributed by atoms with van der Waals surface area (Å²) in [5.41, 5.74) is 0.0131. The Bertz CT molecular complexity index is 669. The van der Waals surface area contributed by atoms with Crippen LogP contribution in [0.2, 0.25) is 0 Å². The zero-order valence-electron chi connectivity index (χ0n) is 10.2. The molecule has 0 radical (unpaired) electrons. The molecule has 0 saturated heterocycles. The second-order valence-corrected chi connectivity index (χ2v) is 4.96. The average molecular weight is 343 g/mol. The van der Waals surface area contributed by atoms with Gasteiger partial charge in [0.15, 0.2) is 11.6 Å². The van der Waals surface area contributed by atoms with Crippen LogP contribution in [0.3, 0.4) is 0 Å². The average Bonchev–Trinajstić information content (AvgIpc) is 2.33. The van der Waals surface area contributed by atoms with Crippen LogP contribution >= 0.6 is 15.9 Å². The van der Waals surface area contributed by atoms with Crippen molar-refractivity contribution in [3.8, 4) is 0 Å². The molecule has 4 nitrogen and oxygen atoms in total. The molecule has 0 fully saturated rings. The molecule has 104 valence electrons. The summed E-state index contributed by atoms with van der Waals surface area (Å²) in [7, 11) is 0. The maximum Gasteiger partial charge on any atom is 0.339 e. The number of carboxylic acids is 1. The van der Waals surface area contributed by atoms with Crippen molar-refractivity contribution in [2.75, 3.05) is 5.32 Å². The van der Waals surface area contributed by atoms with Gasteiger partial charge in [-0.2, -0.15) is 0 Å². The molecule has 0 aliphatic rings. The number of carboxylic acid groups (broad SMARTS) is 1. The largest absolute Gasteiger partial charge is 0.478 e. The summed E-state index contributed by atoms with van der Waals surface area (Å²) in [5.74, 6) is -2.90. The summed E-state index contributed by atoms with van der Waals surface area (Å²) in [6.07, 6.45) is 1.13. The van der Waals surface area contributed by atoms with E-state index in [-0.39, 0.29) is 15.7 Å². The third kappa shape index (κ3) is 2.93. The SMILES string of the molecule is Cc1cc(Nc2c(F)cc(Br)cc2F)c(C(=O)O)cn1. The van der Waals surface area contributed by atoms with E-state index in [1.807, 2.05) is 0 Å². The molecule has 0 amide bonds. The highest BCUT2D eigenvalue weighted by Crippen LogP contribution is 2.28. The standard InChI is InChI=1S/C13H9BrF2N2O2/c1-6-2-11(8(5-17-6)13(19)20)18-12-9(15)3-7(14)4-10(12)16/h2-5H,1H3,(H,17,18)(H,19,20). The van der Waals surface area contributed by atoms with Gasteiger partial charge in [-0.05, 0) is 25.1 Å². The molecule has 1 heterocycles. The molecule has 1 aromatic carbocycles. The molecule has 0 atom stereocenters. The van der Waals surface area contributed by atoms with E-state index in [9.17, 15) is 13.6 Å². The Kier molecular flexibility index (Phi) is 3.99. The molecule has 2 rings (SSSR count). The summed E-state index contributed by atoms with van der Waals surface area (Å²) < 4.78 is 27.7. The fraction of sp³-hybridized carbons (Fsp3) is 0.0769. The minimum Gasteiger partial charge on any atom is -0.478 e. The zero-order valence-corrected chi connectivity index (χ0v) is 11.8. The number of nitrogens with zero attached hydrogens (tertiary/aromatic N) is 1. The predicted molar refractivity (Wildman–Crippen MR) is 73.3 cm³/mol. The molecule has 0 bridgehead atoms. The third-order valence-corrected chi connectivity index (χ3v) is 3.00. The molecule has 0 spiro atoms. The maximum atomic E-state index is 13.7. The normalized spacial score (nSPS) is 10.4. The van der Waals surface area contributed by atoms with E-state index in [0.717, 1.165) is 18.3 Å². The molecule has 2 aromatic rings. The first-order valence-corrected chi connectivity index (χ1v) is 6.29. The number of carbonyl (C=O) groups is 1. The number of aromatic nitrogens is 1. The number of benzene rings is 1. The summed E-state index contributed by atoms with van der Waals surface area (Å²) >= 11 is 2.97. The molecule has 1 aromatic heterocycles. The van der Waals surface area contributed by atoms with Gasteiger partial charge in [0.2, 0.25) is 0 Å². The Labute approximate surface area is 121 Å². The van der Waals surface area contributed by atoms with Crippen molar-refractivity contribution in [1.82, 2.24) is 4.98 Å². The van der Waals surface area contributed by atoms with E-state index >= 15 is 0 Å². The van der Waals surface area contributed by atoms with Gasteiger partial charge in [-0.15, -0.1) is 0 Å². The van der Waals surface area contributed by atoms with Gasteiger partial charge in [-0.3, -0.25) is 4.98 Å². The molecule has 7 heteroatoms. The number of halogens is 3. The lowest BCUT2D eigenvalue weighted by molar-refractivity contribution is 0.0697. The maximum absolute atomic E-state index is 13.7. The van der Waals surface area contributed by atoms with Gasteiger partial charge < -0.3 is 10.4 Å². The van der Waals surface area contributed by atoms with Crippen molar-refractivity contribution < 1.29 is 18.7 Å². The van der Waals surface area contributed by atoms with Crippen LogP contribution in [0.25, 0.3) is 0 Å². The number of hydrogen-bond donors (Lipinski definition) is 2. The summed E-state index contributed by atoms with van der Waals surface area (Å²) in [5, 5.41) is 11.5. The van der Waals surface area contributed by atoms with Crippen molar-refractivity contribution in [2.45, 2.75) is 6.92 Å². The van der Waals surface area contributed by atoms with Crippen LogP contribution in [0, 0.1) is 18.6 Å². The summed E-state index contributed by atoms with van der Waals surface area (Å²) in [6, 6.07) is 3.57. The van der Waals surface area contributed by atoms with Gasteiger partial charge in [-0.1, -0.05) is 15.9 Å². The fourth-order valence-corrected chi connectivity index (χ4v) is 2.03. The minimum absolute atomic E-state index is 0.0742. The van der Waals surface area contributed by atoms with Crippen LogP contribution in [0.4, 0.5) is 20.2 Å². The summed E-state index contributed by atoms with van der Waals surface area (Å²) in [6.45, 7) is 1.64. The number of anilines is 2. The minimum atomic E-state index is -1.24. The fourth-order valence-electron chi connectivity index (χ4n) is 1.63. The van der Waals surface area contributed by atoms with Crippen molar-refractivity contribution in [1.29, 1.82) is 0 Å². The van der Waals surface area contributed by atoms with Gasteiger partial charge in [0.1, 0.15) is 11.3 Å². The van der Waals surface area contributed by atoms with Gasteiger partial charge in [0.25, 0.3) is 0 Å². The molecule has 0 aliphatic carbocycles. The number of aryl methyl sites for hydroxylation is 1. The molecular formula is C13H9BrF2N2O2. The van der Waals surface area contributed by atoms with E-state index < -0.39 is 23.3 Å². The van der Waals surface area contributed by atoms with Crippen LogP contribution in [0.1, 0.15) is 16.1 Å². The molecule has 0 saturated carbocycles. The van der Waals surface area contributed by atoms with Crippen molar-refractivity contribution in [3.63, 3.8) is 0 Å². The van der Waals surface area contributed by atoms with Gasteiger partial charge in [0, 0.05) is 16.4 Å². The smallest absolute Gasteiger partial charge is 0.339 e. The van der Waals surface area contributed by atoms with Gasteiger partial charge in [0.05, 0.1) is 5.69 Å². The van der Waals surface area contributed by atoms with Crippen LogP contribution in [0.15, 0.2) is 28.9 Å². The predicted octanol–water partition coefficient (Wildman–Crippen LogP) is 3.87. The lowest BCUT2D eigenvalue weighted by Crippen LogP contribution is -2.06. The van der Waals surface area contributed by atoms with E-state index in [2.05, 4.69) is 26.2 Å². The van der Waals surface area contributed by atoms with Crippen molar-refractivity contribution in [2.24, 2.45) is 0 Å². The zero-order chi connectivity index (χ0) is 14.9. The van der Waals surface area contributed by atoms with Crippen molar-refractivity contribution >= 4 is 33.3 Å².